The van der Waals surface area contributed by atoms with E-state index in [-0.39, 0.29) is 6.41 Å². The fraction of sp³-hybridized carbons (Fsp3) is 0. The molecule has 0 aliphatic rings. The SMILES string of the molecule is NC=O.c1ccc(Oc2ccccc2)cc1. The molecule has 2 aromatic rings. The quantitative estimate of drug-likeness (QED) is 0.783. The number of carbonyl (C=O) groups excluding carboxylic acids is 1. The number of rotatable bonds is 2. The van der Waals surface area contributed by atoms with Gasteiger partial charge in [0.1, 0.15) is 11.5 Å². The first-order valence-corrected chi connectivity index (χ1v) is 4.80. The Labute approximate surface area is 94.5 Å². The Balaban J connectivity index is 0.000000386. The highest BCUT2D eigenvalue weighted by Crippen LogP contribution is 2.19. The highest BCUT2D eigenvalue weighted by atomic mass is 16.5. The van der Waals surface area contributed by atoms with Gasteiger partial charge in [-0.1, -0.05) is 36.4 Å². The van der Waals surface area contributed by atoms with Crippen molar-refractivity contribution in [2.24, 2.45) is 5.73 Å². The van der Waals surface area contributed by atoms with Gasteiger partial charge in [-0.2, -0.15) is 0 Å². The van der Waals surface area contributed by atoms with Crippen LogP contribution < -0.4 is 10.5 Å². The monoisotopic (exact) mass is 215 g/mol. The van der Waals surface area contributed by atoms with Crippen LogP contribution in [-0.4, -0.2) is 6.41 Å². The van der Waals surface area contributed by atoms with Crippen LogP contribution in [0, 0.1) is 0 Å². The number of primary amides is 1. The highest BCUT2D eigenvalue weighted by Gasteiger charge is 1.92. The van der Waals surface area contributed by atoms with Crippen LogP contribution in [-0.2, 0) is 4.79 Å². The van der Waals surface area contributed by atoms with Gasteiger partial charge in [-0.25, -0.2) is 0 Å². The van der Waals surface area contributed by atoms with E-state index in [9.17, 15) is 0 Å². The molecule has 0 fully saturated rings. The zero-order valence-electron chi connectivity index (χ0n) is 8.74. The van der Waals surface area contributed by atoms with E-state index in [1.54, 1.807) is 0 Å². The van der Waals surface area contributed by atoms with Gasteiger partial charge in [0.2, 0.25) is 6.41 Å². The standard InChI is InChI=1S/C12H10O.CH3NO/c1-3-7-11(8-4-1)13-12-9-5-2-6-10-12;2-1-3/h1-10H;1H,(H2,2,3). The van der Waals surface area contributed by atoms with Crippen molar-refractivity contribution in [2.75, 3.05) is 0 Å². The third-order valence-corrected chi connectivity index (χ3v) is 1.72. The number of carbonyl (C=O) groups is 1. The molecule has 0 unspecified atom stereocenters. The van der Waals surface area contributed by atoms with E-state index >= 15 is 0 Å². The van der Waals surface area contributed by atoms with E-state index in [0.717, 1.165) is 11.5 Å². The maximum atomic E-state index is 8.58. The van der Waals surface area contributed by atoms with Crippen molar-refractivity contribution in [1.29, 1.82) is 0 Å². The maximum absolute atomic E-state index is 8.58. The summed E-state index contributed by atoms with van der Waals surface area (Å²) in [6, 6.07) is 19.5. The second kappa shape index (κ2) is 7.06. The van der Waals surface area contributed by atoms with E-state index in [2.05, 4.69) is 5.73 Å². The number of benzene rings is 2. The summed E-state index contributed by atoms with van der Waals surface area (Å²) in [5, 5.41) is 0. The molecule has 0 bridgehead atoms. The minimum Gasteiger partial charge on any atom is -0.457 e. The first-order chi connectivity index (χ1) is 7.86. The third-order valence-electron chi connectivity index (χ3n) is 1.72. The Morgan fingerprint density at radius 2 is 1.12 bits per heavy atom. The van der Waals surface area contributed by atoms with Crippen molar-refractivity contribution in [2.45, 2.75) is 0 Å². The van der Waals surface area contributed by atoms with Gasteiger partial charge in [-0.15, -0.1) is 0 Å². The molecular weight excluding hydrogens is 202 g/mol. The summed E-state index contributed by atoms with van der Waals surface area (Å²) >= 11 is 0. The molecule has 16 heavy (non-hydrogen) atoms. The van der Waals surface area contributed by atoms with E-state index in [1.165, 1.54) is 0 Å². The van der Waals surface area contributed by atoms with Gasteiger partial charge in [0.05, 0.1) is 0 Å². The molecule has 0 heterocycles. The van der Waals surface area contributed by atoms with Crippen LogP contribution in [0.4, 0.5) is 0 Å². The van der Waals surface area contributed by atoms with Crippen LogP contribution in [0.3, 0.4) is 0 Å². The second-order valence-electron chi connectivity index (χ2n) is 2.86. The Morgan fingerprint density at radius 1 is 0.812 bits per heavy atom. The smallest absolute Gasteiger partial charge is 0.204 e. The van der Waals surface area contributed by atoms with Crippen LogP contribution in [0.2, 0.25) is 0 Å². The molecule has 0 aliphatic carbocycles. The van der Waals surface area contributed by atoms with Crippen molar-refractivity contribution in [3.63, 3.8) is 0 Å². The summed E-state index contributed by atoms with van der Waals surface area (Å²) < 4.78 is 5.58. The number of nitrogens with two attached hydrogens (primary N) is 1. The molecule has 0 aromatic heterocycles. The summed E-state index contributed by atoms with van der Waals surface area (Å²) in [7, 11) is 0. The molecule has 0 saturated heterocycles. The van der Waals surface area contributed by atoms with Crippen LogP contribution in [0.1, 0.15) is 0 Å². The summed E-state index contributed by atoms with van der Waals surface area (Å²) in [6.07, 6.45) is 0.250. The Kier molecular flexibility index (Phi) is 5.20. The highest BCUT2D eigenvalue weighted by molar-refractivity contribution is 5.42. The zero-order valence-corrected chi connectivity index (χ0v) is 8.74. The van der Waals surface area contributed by atoms with Crippen LogP contribution in [0.25, 0.3) is 0 Å². The largest absolute Gasteiger partial charge is 0.457 e. The molecule has 3 heteroatoms. The average molecular weight is 215 g/mol. The molecule has 0 spiro atoms. The van der Waals surface area contributed by atoms with E-state index in [4.69, 9.17) is 9.53 Å². The Bertz CT molecular complexity index is 363. The van der Waals surface area contributed by atoms with Crippen LogP contribution in [0.5, 0.6) is 11.5 Å². The van der Waals surface area contributed by atoms with Gasteiger partial charge >= 0.3 is 0 Å². The van der Waals surface area contributed by atoms with Crippen LogP contribution in [0.15, 0.2) is 60.7 Å². The Morgan fingerprint density at radius 3 is 1.44 bits per heavy atom. The predicted molar refractivity (Wildman–Crippen MR) is 63.2 cm³/mol. The lowest BCUT2D eigenvalue weighted by atomic mass is 10.3. The lowest BCUT2D eigenvalue weighted by molar-refractivity contribution is -0.106. The normalized spacial score (nSPS) is 8.50. The molecule has 0 saturated carbocycles. The molecule has 3 nitrogen and oxygen atoms in total. The molecule has 1 amide bonds. The minimum absolute atomic E-state index is 0.250. The lowest BCUT2D eigenvalue weighted by Crippen LogP contribution is -1.82. The lowest BCUT2D eigenvalue weighted by Gasteiger charge is -2.03. The number of ether oxygens (including phenoxy) is 1. The van der Waals surface area contributed by atoms with Crippen molar-refractivity contribution >= 4 is 6.41 Å². The number of para-hydroxylation sites is 2. The maximum Gasteiger partial charge on any atom is 0.204 e. The molecule has 2 rings (SSSR count). The summed E-state index contributed by atoms with van der Waals surface area (Å²) in [6.45, 7) is 0. The van der Waals surface area contributed by atoms with Gasteiger partial charge < -0.3 is 10.5 Å². The third kappa shape index (κ3) is 4.28. The van der Waals surface area contributed by atoms with Gasteiger partial charge in [0.25, 0.3) is 0 Å². The van der Waals surface area contributed by atoms with Crippen molar-refractivity contribution in [1.82, 2.24) is 0 Å². The second-order valence-corrected chi connectivity index (χ2v) is 2.86. The first-order valence-electron chi connectivity index (χ1n) is 4.80. The molecule has 82 valence electrons. The summed E-state index contributed by atoms with van der Waals surface area (Å²) in [4.78, 5) is 8.58. The molecule has 2 aromatic carbocycles. The summed E-state index contributed by atoms with van der Waals surface area (Å²) in [5.74, 6) is 1.74. The van der Waals surface area contributed by atoms with E-state index in [0.29, 0.717) is 0 Å². The predicted octanol–water partition coefficient (Wildman–Crippen LogP) is 2.58. The number of hydrogen-bond acceptors (Lipinski definition) is 2. The minimum atomic E-state index is 0.250. The van der Waals surface area contributed by atoms with Gasteiger partial charge in [-0.3, -0.25) is 4.79 Å². The first kappa shape index (κ1) is 11.8. The fourth-order valence-corrected chi connectivity index (χ4v) is 1.11. The number of amides is 1. The topological polar surface area (TPSA) is 52.3 Å². The molecular formula is C13H13NO2. The molecule has 0 atom stereocenters. The van der Waals surface area contributed by atoms with Crippen molar-refractivity contribution in [3.8, 4) is 11.5 Å². The molecule has 0 radical (unpaired) electrons. The van der Waals surface area contributed by atoms with E-state index < -0.39 is 0 Å². The molecule has 2 N–H and O–H groups in total. The average Bonchev–Trinajstić information content (AvgIpc) is 2.33. The summed E-state index contributed by atoms with van der Waals surface area (Å²) in [5.41, 5.74) is 4.17. The number of hydrogen-bond donors (Lipinski definition) is 1. The Hall–Kier alpha value is -2.29. The van der Waals surface area contributed by atoms with Gasteiger partial charge in [-0.05, 0) is 24.3 Å². The van der Waals surface area contributed by atoms with Crippen LogP contribution >= 0.6 is 0 Å². The fourth-order valence-electron chi connectivity index (χ4n) is 1.11. The van der Waals surface area contributed by atoms with Crippen molar-refractivity contribution in [3.05, 3.63) is 60.7 Å². The van der Waals surface area contributed by atoms with Crippen molar-refractivity contribution < 1.29 is 9.53 Å². The molecule has 0 aliphatic heterocycles. The van der Waals surface area contributed by atoms with E-state index in [1.807, 2.05) is 60.7 Å². The van der Waals surface area contributed by atoms with Gasteiger partial charge in [0.15, 0.2) is 0 Å². The van der Waals surface area contributed by atoms with Gasteiger partial charge in [0, 0.05) is 0 Å². The zero-order chi connectivity index (χ0) is 11.6.